The number of nitrogens with zero attached hydrogens (tertiary/aromatic N) is 2. The number of anilines is 1. The van der Waals surface area contributed by atoms with Crippen LogP contribution in [0.4, 0.5) is 5.69 Å². The maximum atomic E-state index is 12.9. The highest BCUT2D eigenvalue weighted by atomic mass is 16.1. The van der Waals surface area contributed by atoms with Crippen LogP contribution in [0.1, 0.15) is 39.5 Å². The molecule has 1 unspecified atom stereocenters. The van der Waals surface area contributed by atoms with E-state index in [9.17, 15) is 4.79 Å². The first-order chi connectivity index (χ1) is 13.0. The van der Waals surface area contributed by atoms with Gasteiger partial charge >= 0.3 is 0 Å². The number of hydrogen-bond acceptors (Lipinski definition) is 3. The Bertz CT molecular complexity index is 1010. The van der Waals surface area contributed by atoms with E-state index in [1.165, 1.54) is 16.8 Å². The molecule has 27 heavy (non-hydrogen) atoms. The second-order valence-corrected chi connectivity index (χ2v) is 7.49. The molecule has 1 aliphatic heterocycles. The standard InChI is InChI=1S/C23H25N3O/c1-15-8-9-21-18(12-15)13-20(16(2)25-21)23(27)24-14-17-10-11-26(3)22-7-5-4-6-19(17)22/h4-9,12-13,17H,10-11,14H2,1-3H3,(H,24,27). The number of carbonyl (C=O) groups excluding carboxylic acids is 1. The van der Waals surface area contributed by atoms with Crippen LogP contribution in [0.5, 0.6) is 0 Å². The molecule has 1 atom stereocenters. The van der Waals surface area contributed by atoms with Gasteiger partial charge in [-0.2, -0.15) is 0 Å². The molecule has 0 aliphatic carbocycles. The number of aromatic nitrogens is 1. The van der Waals surface area contributed by atoms with Crippen LogP contribution < -0.4 is 10.2 Å². The summed E-state index contributed by atoms with van der Waals surface area (Å²) in [5.41, 5.74) is 6.11. The van der Waals surface area contributed by atoms with Gasteiger partial charge in [-0.15, -0.1) is 0 Å². The van der Waals surface area contributed by atoms with Crippen molar-refractivity contribution in [3.8, 4) is 0 Å². The Morgan fingerprint density at radius 2 is 2.00 bits per heavy atom. The van der Waals surface area contributed by atoms with Gasteiger partial charge < -0.3 is 10.2 Å². The summed E-state index contributed by atoms with van der Waals surface area (Å²) in [5, 5.41) is 4.16. The van der Waals surface area contributed by atoms with E-state index in [4.69, 9.17) is 0 Å². The molecule has 1 aliphatic rings. The number of hydrogen-bond donors (Lipinski definition) is 1. The third kappa shape index (κ3) is 3.39. The Kier molecular flexibility index (Phi) is 4.56. The fraction of sp³-hybridized carbons (Fsp3) is 0.304. The third-order valence-electron chi connectivity index (χ3n) is 5.52. The van der Waals surface area contributed by atoms with Crippen LogP contribution >= 0.6 is 0 Å². The summed E-state index contributed by atoms with van der Waals surface area (Å²) >= 11 is 0. The molecule has 0 fully saturated rings. The lowest BCUT2D eigenvalue weighted by molar-refractivity contribution is 0.0949. The zero-order chi connectivity index (χ0) is 19.0. The molecule has 138 valence electrons. The van der Waals surface area contributed by atoms with E-state index in [0.717, 1.165) is 29.6 Å². The monoisotopic (exact) mass is 359 g/mol. The lowest BCUT2D eigenvalue weighted by Gasteiger charge is -2.33. The predicted octanol–water partition coefficient (Wildman–Crippen LogP) is 4.21. The van der Waals surface area contributed by atoms with Crippen molar-refractivity contribution >= 4 is 22.5 Å². The van der Waals surface area contributed by atoms with Crippen LogP contribution in [-0.2, 0) is 0 Å². The van der Waals surface area contributed by atoms with Crippen molar-refractivity contribution in [3.05, 3.63) is 70.9 Å². The van der Waals surface area contributed by atoms with Crippen LogP contribution in [0.3, 0.4) is 0 Å². The smallest absolute Gasteiger partial charge is 0.253 e. The maximum absolute atomic E-state index is 12.9. The zero-order valence-corrected chi connectivity index (χ0v) is 16.1. The Labute approximate surface area is 160 Å². The van der Waals surface area contributed by atoms with E-state index >= 15 is 0 Å². The number of benzene rings is 2. The third-order valence-corrected chi connectivity index (χ3v) is 5.52. The van der Waals surface area contributed by atoms with Gasteiger partial charge in [0.05, 0.1) is 16.8 Å². The second kappa shape index (κ2) is 7.03. The number of carbonyl (C=O) groups is 1. The van der Waals surface area contributed by atoms with Gasteiger partial charge in [0.2, 0.25) is 0 Å². The lowest BCUT2D eigenvalue weighted by atomic mass is 9.90. The number of nitrogens with one attached hydrogen (secondary N) is 1. The molecule has 1 amide bonds. The van der Waals surface area contributed by atoms with E-state index in [-0.39, 0.29) is 5.91 Å². The normalized spacial score (nSPS) is 16.3. The summed E-state index contributed by atoms with van der Waals surface area (Å²) in [6, 6.07) is 16.6. The Hall–Kier alpha value is -2.88. The number of aryl methyl sites for hydroxylation is 2. The van der Waals surface area contributed by atoms with Crippen molar-refractivity contribution in [3.63, 3.8) is 0 Å². The van der Waals surface area contributed by atoms with Gasteiger partial charge in [-0.3, -0.25) is 9.78 Å². The molecule has 2 heterocycles. The number of para-hydroxylation sites is 1. The highest BCUT2D eigenvalue weighted by Gasteiger charge is 2.23. The second-order valence-electron chi connectivity index (χ2n) is 7.49. The molecular weight excluding hydrogens is 334 g/mol. The van der Waals surface area contributed by atoms with Crippen molar-refractivity contribution in [2.24, 2.45) is 0 Å². The summed E-state index contributed by atoms with van der Waals surface area (Å²) in [5.74, 6) is 0.303. The highest BCUT2D eigenvalue weighted by Crippen LogP contribution is 2.33. The molecule has 4 nitrogen and oxygen atoms in total. The average molecular weight is 359 g/mol. The predicted molar refractivity (Wildman–Crippen MR) is 111 cm³/mol. The van der Waals surface area contributed by atoms with Crippen molar-refractivity contribution in [1.82, 2.24) is 10.3 Å². The number of rotatable bonds is 3. The van der Waals surface area contributed by atoms with Gasteiger partial charge in [-0.05, 0) is 50.1 Å². The minimum Gasteiger partial charge on any atom is -0.374 e. The highest BCUT2D eigenvalue weighted by molar-refractivity contribution is 5.98. The maximum Gasteiger partial charge on any atom is 0.253 e. The number of amides is 1. The molecule has 1 aromatic heterocycles. The van der Waals surface area contributed by atoms with E-state index in [0.29, 0.717) is 18.0 Å². The molecule has 0 bridgehead atoms. The number of pyridine rings is 1. The lowest BCUT2D eigenvalue weighted by Crippen LogP contribution is -2.34. The van der Waals surface area contributed by atoms with Gasteiger partial charge in [0.15, 0.2) is 0 Å². The Morgan fingerprint density at radius 1 is 1.19 bits per heavy atom. The molecule has 0 saturated carbocycles. The largest absolute Gasteiger partial charge is 0.374 e. The molecule has 2 aromatic carbocycles. The summed E-state index contributed by atoms with van der Waals surface area (Å²) < 4.78 is 0. The molecule has 4 rings (SSSR count). The van der Waals surface area contributed by atoms with Gasteiger partial charge in [0.25, 0.3) is 5.91 Å². The van der Waals surface area contributed by atoms with E-state index in [2.05, 4.69) is 59.5 Å². The molecule has 3 aromatic rings. The fourth-order valence-electron chi connectivity index (χ4n) is 3.95. The van der Waals surface area contributed by atoms with Crippen LogP contribution in [-0.4, -0.2) is 31.0 Å². The van der Waals surface area contributed by atoms with Crippen LogP contribution in [0, 0.1) is 13.8 Å². The fourth-order valence-corrected chi connectivity index (χ4v) is 3.95. The van der Waals surface area contributed by atoms with Crippen LogP contribution in [0.2, 0.25) is 0 Å². The topological polar surface area (TPSA) is 45.2 Å². The Balaban J connectivity index is 1.54. The van der Waals surface area contributed by atoms with Gasteiger partial charge in [0.1, 0.15) is 0 Å². The first-order valence-electron chi connectivity index (χ1n) is 9.49. The molecule has 0 radical (unpaired) electrons. The first-order valence-corrected chi connectivity index (χ1v) is 9.49. The van der Waals surface area contributed by atoms with Gasteiger partial charge in [0, 0.05) is 37.1 Å². The molecule has 4 heteroatoms. The quantitative estimate of drug-likeness (QED) is 0.762. The van der Waals surface area contributed by atoms with Gasteiger partial charge in [-0.25, -0.2) is 0 Å². The SMILES string of the molecule is Cc1ccc2nc(C)c(C(=O)NCC3CCN(C)c4ccccc43)cc2c1. The van der Waals surface area contributed by atoms with E-state index < -0.39 is 0 Å². The van der Waals surface area contributed by atoms with Crippen molar-refractivity contribution in [2.75, 3.05) is 25.0 Å². The molecule has 0 spiro atoms. The number of fused-ring (bicyclic) bond motifs is 2. The zero-order valence-electron chi connectivity index (χ0n) is 16.1. The summed E-state index contributed by atoms with van der Waals surface area (Å²) in [6.07, 6.45) is 1.04. The minimum atomic E-state index is -0.0418. The van der Waals surface area contributed by atoms with Crippen molar-refractivity contribution in [1.29, 1.82) is 0 Å². The average Bonchev–Trinajstić information content (AvgIpc) is 2.67. The summed E-state index contributed by atoms with van der Waals surface area (Å²) in [4.78, 5) is 19.7. The van der Waals surface area contributed by atoms with E-state index in [1.54, 1.807) is 0 Å². The summed E-state index contributed by atoms with van der Waals surface area (Å²) in [7, 11) is 2.12. The van der Waals surface area contributed by atoms with E-state index in [1.807, 2.05) is 25.1 Å². The molecular formula is C23H25N3O. The van der Waals surface area contributed by atoms with Crippen LogP contribution in [0.15, 0.2) is 48.5 Å². The summed E-state index contributed by atoms with van der Waals surface area (Å²) in [6.45, 7) is 5.61. The van der Waals surface area contributed by atoms with Gasteiger partial charge in [-0.1, -0.05) is 29.8 Å². The van der Waals surface area contributed by atoms with Crippen molar-refractivity contribution in [2.45, 2.75) is 26.2 Å². The van der Waals surface area contributed by atoms with Crippen molar-refractivity contribution < 1.29 is 4.79 Å². The molecule has 0 saturated heterocycles. The van der Waals surface area contributed by atoms with Crippen LogP contribution in [0.25, 0.3) is 10.9 Å². The Morgan fingerprint density at radius 3 is 2.85 bits per heavy atom. The minimum absolute atomic E-state index is 0.0418. The molecule has 1 N–H and O–H groups in total. The first kappa shape index (κ1) is 17.5.